The third-order valence-corrected chi connectivity index (χ3v) is 4.45. The lowest BCUT2D eigenvalue weighted by Crippen LogP contribution is -2.37. The molecule has 0 bridgehead atoms. The average Bonchev–Trinajstić information content (AvgIpc) is 3.18. The summed E-state index contributed by atoms with van der Waals surface area (Å²) < 4.78 is 12.0. The van der Waals surface area contributed by atoms with Crippen molar-refractivity contribution < 1.29 is 9.26 Å². The highest BCUT2D eigenvalue weighted by atomic mass is 16.5. The van der Waals surface area contributed by atoms with Crippen LogP contribution in [0.3, 0.4) is 0 Å². The molecule has 0 unspecified atom stereocenters. The van der Waals surface area contributed by atoms with E-state index in [0.717, 1.165) is 11.3 Å². The molecule has 28 heavy (non-hydrogen) atoms. The minimum Gasteiger partial charge on any atom is -0.497 e. The minimum atomic E-state index is -0.662. The van der Waals surface area contributed by atoms with Crippen LogP contribution in [0.5, 0.6) is 5.75 Å². The molecule has 0 spiro atoms. The van der Waals surface area contributed by atoms with Gasteiger partial charge in [-0.3, -0.25) is 14.2 Å². The minimum absolute atomic E-state index is 0.144. The van der Waals surface area contributed by atoms with Crippen LogP contribution in [0.4, 0.5) is 0 Å². The number of nitrogens with zero attached hydrogens (tertiary/aromatic N) is 3. The summed E-state index contributed by atoms with van der Waals surface area (Å²) in [5.74, 6) is 1.49. The molecule has 0 fully saturated rings. The Morgan fingerprint density at radius 1 is 1.07 bits per heavy atom. The summed E-state index contributed by atoms with van der Waals surface area (Å²) in [5.41, 5.74) is 1.37. The van der Waals surface area contributed by atoms with E-state index in [1.54, 1.807) is 25.3 Å². The van der Waals surface area contributed by atoms with Crippen LogP contribution in [0.15, 0.2) is 56.6 Å². The number of ether oxygens (including phenoxy) is 1. The Morgan fingerprint density at radius 3 is 2.46 bits per heavy atom. The highest BCUT2D eigenvalue weighted by Gasteiger charge is 2.14. The Labute approximate surface area is 159 Å². The molecule has 0 saturated heterocycles. The van der Waals surface area contributed by atoms with Crippen LogP contribution >= 0.6 is 0 Å². The van der Waals surface area contributed by atoms with Crippen molar-refractivity contribution >= 4 is 11.0 Å². The van der Waals surface area contributed by atoms with Crippen molar-refractivity contribution in [1.29, 1.82) is 0 Å². The Balaban J connectivity index is 1.78. The van der Waals surface area contributed by atoms with Gasteiger partial charge in [0.25, 0.3) is 5.89 Å². The molecule has 8 heteroatoms. The summed E-state index contributed by atoms with van der Waals surface area (Å²) >= 11 is 0. The number of nitrogens with one attached hydrogen (secondary N) is 1. The zero-order valence-electron chi connectivity index (χ0n) is 15.6. The molecule has 0 amide bonds. The van der Waals surface area contributed by atoms with Crippen molar-refractivity contribution in [2.45, 2.75) is 19.9 Å². The smallest absolute Gasteiger partial charge is 0.316 e. The van der Waals surface area contributed by atoms with E-state index in [4.69, 9.17) is 9.26 Å². The molecule has 2 aromatic heterocycles. The highest BCUT2D eigenvalue weighted by Crippen LogP contribution is 2.25. The first-order valence-electron chi connectivity index (χ1n) is 8.75. The summed E-state index contributed by atoms with van der Waals surface area (Å²) in [6, 6.07) is 12.4. The maximum atomic E-state index is 12.2. The molecular formula is C20H18N4O4. The highest BCUT2D eigenvalue weighted by molar-refractivity contribution is 5.80. The lowest BCUT2D eigenvalue weighted by atomic mass is 10.1. The van der Waals surface area contributed by atoms with Crippen molar-refractivity contribution in [2.75, 3.05) is 7.11 Å². The lowest BCUT2D eigenvalue weighted by molar-refractivity contribution is 0.414. The van der Waals surface area contributed by atoms with Crippen LogP contribution in [0.1, 0.15) is 19.9 Å². The van der Waals surface area contributed by atoms with Gasteiger partial charge in [0.15, 0.2) is 0 Å². The third kappa shape index (κ3) is 2.98. The van der Waals surface area contributed by atoms with E-state index in [-0.39, 0.29) is 6.04 Å². The van der Waals surface area contributed by atoms with E-state index >= 15 is 0 Å². The maximum Gasteiger partial charge on any atom is 0.316 e. The van der Waals surface area contributed by atoms with E-state index in [1.165, 1.54) is 4.57 Å². The van der Waals surface area contributed by atoms with Gasteiger partial charge in [-0.05, 0) is 56.3 Å². The number of methoxy groups -OCH3 is 1. The van der Waals surface area contributed by atoms with Crippen molar-refractivity contribution in [3.63, 3.8) is 0 Å². The molecular weight excluding hydrogens is 360 g/mol. The van der Waals surface area contributed by atoms with Gasteiger partial charge >= 0.3 is 11.1 Å². The van der Waals surface area contributed by atoms with Crippen molar-refractivity contribution in [3.8, 4) is 28.6 Å². The standard InChI is InChI=1S/C20H18N4O4/c1-11(2)24-16-9-6-13(10-15(16)21-18(25)20(24)26)17-22-19(28-23-17)12-4-7-14(27-3)8-5-12/h4-11H,1-3H3,(H,21,25). The number of fused-ring (bicyclic) bond motifs is 1. The van der Waals surface area contributed by atoms with Crippen molar-refractivity contribution in [2.24, 2.45) is 0 Å². The van der Waals surface area contributed by atoms with Crippen LogP contribution in [0.25, 0.3) is 33.9 Å². The van der Waals surface area contributed by atoms with Crippen molar-refractivity contribution in [3.05, 3.63) is 63.2 Å². The van der Waals surface area contributed by atoms with Gasteiger partial charge in [0.1, 0.15) is 5.75 Å². The van der Waals surface area contributed by atoms with Crippen LogP contribution in [0.2, 0.25) is 0 Å². The second kappa shape index (κ2) is 6.80. The molecule has 0 aliphatic heterocycles. The van der Waals surface area contributed by atoms with Crippen LogP contribution in [-0.2, 0) is 0 Å². The predicted octanol–water partition coefficient (Wildman–Crippen LogP) is 3.00. The molecule has 0 aliphatic rings. The number of hydrogen-bond acceptors (Lipinski definition) is 6. The maximum absolute atomic E-state index is 12.2. The lowest BCUT2D eigenvalue weighted by Gasteiger charge is -2.13. The van der Waals surface area contributed by atoms with Gasteiger partial charge in [0.05, 0.1) is 18.1 Å². The van der Waals surface area contributed by atoms with E-state index in [9.17, 15) is 9.59 Å². The third-order valence-electron chi connectivity index (χ3n) is 4.45. The Hall–Kier alpha value is -3.68. The summed E-state index contributed by atoms with van der Waals surface area (Å²) in [6.07, 6.45) is 0. The monoisotopic (exact) mass is 378 g/mol. The molecule has 8 nitrogen and oxygen atoms in total. The van der Waals surface area contributed by atoms with Crippen LogP contribution < -0.4 is 15.9 Å². The fourth-order valence-corrected chi connectivity index (χ4v) is 3.08. The van der Waals surface area contributed by atoms with E-state index < -0.39 is 11.1 Å². The normalized spacial score (nSPS) is 11.3. The Kier molecular flexibility index (Phi) is 4.31. The second-order valence-corrected chi connectivity index (χ2v) is 6.61. The van der Waals surface area contributed by atoms with Gasteiger partial charge in [-0.2, -0.15) is 4.98 Å². The molecule has 4 rings (SSSR count). The number of aromatic nitrogens is 4. The number of hydrogen-bond donors (Lipinski definition) is 1. The molecule has 0 radical (unpaired) electrons. The SMILES string of the molecule is COc1ccc(-c2nc(-c3ccc4c(c3)[nH]c(=O)c(=O)n4C(C)C)no2)cc1. The molecule has 2 aromatic carbocycles. The Bertz CT molecular complexity index is 1270. The molecule has 0 atom stereocenters. The number of benzene rings is 2. The van der Waals surface area contributed by atoms with E-state index in [1.807, 2.05) is 38.1 Å². The zero-order valence-corrected chi connectivity index (χ0v) is 15.6. The molecule has 0 aliphatic carbocycles. The average molecular weight is 378 g/mol. The predicted molar refractivity (Wildman–Crippen MR) is 104 cm³/mol. The van der Waals surface area contributed by atoms with Gasteiger partial charge in [0.2, 0.25) is 5.82 Å². The zero-order chi connectivity index (χ0) is 19.8. The number of H-pyrrole nitrogens is 1. The molecule has 2 heterocycles. The fraction of sp³-hybridized carbons (Fsp3) is 0.200. The summed E-state index contributed by atoms with van der Waals surface area (Å²) in [7, 11) is 1.60. The summed E-state index contributed by atoms with van der Waals surface area (Å²) in [5, 5.41) is 4.03. The summed E-state index contributed by atoms with van der Waals surface area (Å²) in [6.45, 7) is 3.71. The van der Waals surface area contributed by atoms with Gasteiger partial charge in [-0.1, -0.05) is 5.16 Å². The second-order valence-electron chi connectivity index (χ2n) is 6.61. The van der Waals surface area contributed by atoms with Gasteiger partial charge in [-0.25, -0.2) is 0 Å². The number of aromatic amines is 1. The van der Waals surface area contributed by atoms with Gasteiger partial charge in [-0.15, -0.1) is 0 Å². The van der Waals surface area contributed by atoms with E-state index in [0.29, 0.717) is 28.3 Å². The van der Waals surface area contributed by atoms with Gasteiger partial charge < -0.3 is 14.2 Å². The van der Waals surface area contributed by atoms with Crippen LogP contribution in [-0.4, -0.2) is 26.8 Å². The summed E-state index contributed by atoms with van der Waals surface area (Å²) in [4.78, 5) is 31.2. The van der Waals surface area contributed by atoms with E-state index in [2.05, 4.69) is 15.1 Å². The fourth-order valence-electron chi connectivity index (χ4n) is 3.08. The first kappa shape index (κ1) is 17.7. The first-order chi connectivity index (χ1) is 13.5. The molecule has 1 N–H and O–H groups in total. The largest absolute Gasteiger partial charge is 0.497 e. The topological polar surface area (TPSA) is 103 Å². The first-order valence-corrected chi connectivity index (χ1v) is 8.75. The van der Waals surface area contributed by atoms with Crippen molar-refractivity contribution in [1.82, 2.24) is 19.7 Å². The van der Waals surface area contributed by atoms with Gasteiger partial charge in [0, 0.05) is 17.2 Å². The molecule has 0 saturated carbocycles. The van der Waals surface area contributed by atoms with Crippen LogP contribution in [0, 0.1) is 0 Å². The molecule has 142 valence electrons. The Morgan fingerprint density at radius 2 is 1.79 bits per heavy atom. The number of rotatable bonds is 4. The quantitative estimate of drug-likeness (QED) is 0.548. The molecule has 4 aromatic rings.